The smallest absolute Gasteiger partial charge is 0.331 e. The van der Waals surface area contributed by atoms with Crippen LogP contribution in [0.15, 0.2) is 41.8 Å². The number of benzene rings is 2. The van der Waals surface area contributed by atoms with Crippen LogP contribution >= 0.6 is 11.3 Å². The van der Waals surface area contributed by atoms with Crippen LogP contribution in [0.1, 0.15) is 29.6 Å². The minimum absolute atomic E-state index is 0.0370. The van der Waals surface area contributed by atoms with Gasteiger partial charge in [0.25, 0.3) is 0 Å². The number of thiophene rings is 1. The fourth-order valence-electron chi connectivity index (χ4n) is 3.91. The van der Waals surface area contributed by atoms with Gasteiger partial charge in [-0.1, -0.05) is 12.1 Å². The van der Waals surface area contributed by atoms with Crippen LogP contribution < -0.4 is 14.4 Å². The molecule has 2 aromatic carbocycles. The summed E-state index contributed by atoms with van der Waals surface area (Å²) in [6.07, 6.45) is 0.463. The Morgan fingerprint density at radius 2 is 1.85 bits per heavy atom. The van der Waals surface area contributed by atoms with Crippen LogP contribution in [0.4, 0.5) is 14.9 Å². The molecular formula is C24H23FN2O5S. The first-order valence-corrected chi connectivity index (χ1v) is 11.4. The van der Waals surface area contributed by atoms with Crippen molar-refractivity contribution in [3.63, 3.8) is 0 Å². The van der Waals surface area contributed by atoms with E-state index in [0.29, 0.717) is 45.8 Å². The highest BCUT2D eigenvalue weighted by molar-refractivity contribution is 7.17. The molecule has 1 fully saturated rings. The van der Waals surface area contributed by atoms with Crippen molar-refractivity contribution in [3.05, 3.63) is 53.2 Å². The van der Waals surface area contributed by atoms with Crippen LogP contribution in [0.3, 0.4) is 0 Å². The Kier molecular flexibility index (Phi) is 6.60. The number of amides is 3. The maximum Gasteiger partial charge on any atom is 0.331 e. The number of urea groups is 1. The number of ketones is 1. The zero-order valence-electron chi connectivity index (χ0n) is 18.3. The molecule has 0 spiro atoms. The number of hydrogen-bond donors (Lipinski definition) is 0. The normalized spacial score (nSPS) is 14.0. The summed E-state index contributed by atoms with van der Waals surface area (Å²) >= 11 is 1.23. The number of carbonyl (C=O) groups is 3. The van der Waals surface area contributed by atoms with Crippen molar-refractivity contribution in [3.8, 4) is 11.5 Å². The Bertz CT molecular complexity index is 1220. The van der Waals surface area contributed by atoms with Gasteiger partial charge in [0.2, 0.25) is 5.91 Å². The molecule has 0 N–H and O–H groups in total. The number of imide groups is 1. The van der Waals surface area contributed by atoms with Gasteiger partial charge in [0, 0.05) is 42.3 Å². The van der Waals surface area contributed by atoms with Gasteiger partial charge in [0.1, 0.15) is 5.82 Å². The molecule has 1 aromatic heterocycles. The summed E-state index contributed by atoms with van der Waals surface area (Å²) in [7, 11) is 2.99. The molecule has 3 amide bonds. The topological polar surface area (TPSA) is 76.2 Å². The van der Waals surface area contributed by atoms with E-state index in [-0.39, 0.29) is 31.0 Å². The lowest BCUT2D eigenvalue weighted by molar-refractivity contribution is -0.128. The van der Waals surface area contributed by atoms with Gasteiger partial charge in [-0.2, -0.15) is 0 Å². The largest absolute Gasteiger partial charge is 0.493 e. The number of Topliss-reactive ketones (excluding diaryl/α,β-unsaturated/α-hetero) is 1. The van der Waals surface area contributed by atoms with Crippen molar-refractivity contribution in [2.45, 2.75) is 19.3 Å². The second-order valence-corrected chi connectivity index (χ2v) is 8.44. The first-order valence-electron chi connectivity index (χ1n) is 10.5. The van der Waals surface area contributed by atoms with Crippen molar-refractivity contribution in [2.24, 2.45) is 0 Å². The lowest BCUT2D eigenvalue weighted by Crippen LogP contribution is -2.51. The number of halogens is 1. The summed E-state index contributed by atoms with van der Waals surface area (Å²) in [5.74, 6) is -0.0510. The molecule has 1 aliphatic heterocycles. The van der Waals surface area contributed by atoms with E-state index in [1.807, 2.05) is 0 Å². The molecule has 3 aromatic rings. The Morgan fingerprint density at radius 3 is 2.61 bits per heavy atom. The van der Waals surface area contributed by atoms with Gasteiger partial charge in [-0.25, -0.2) is 9.18 Å². The molecule has 33 heavy (non-hydrogen) atoms. The van der Waals surface area contributed by atoms with E-state index in [9.17, 15) is 18.8 Å². The monoisotopic (exact) mass is 470 g/mol. The minimum Gasteiger partial charge on any atom is -0.493 e. The second kappa shape index (κ2) is 9.58. The maximum absolute atomic E-state index is 14.1. The van der Waals surface area contributed by atoms with Crippen molar-refractivity contribution in [1.82, 2.24) is 4.90 Å². The number of anilines is 1. The molecule has 172 valence electrons. The van der Waals surface area contributed by atoms with Gasteiger partial charge in [0.05, 0.1) is 24.6 Å². The Labute approximate surface area is 194 Å². The molecule has 0 atom stereocenters. The number of rotatable bonds is 7. The zero-order valence-corrected chi connectivity index (χ0v) is 19.1. The van der Waals surface area contributed by atoms with Crippen molar-refractivity contribution in [2.75, 3.05) is 32.2 Å². The number of carbonyl (C=O) groups excluding carboxylic acids is 3. The van der Waals surface area contributed by atoms with E-state index >= 15 is 0 Å². The molecule has 7 nitrogen and oxygen atoms in total. The lowest BCUT2D eigenvalue weighted by atomic mass is 10.1. The highest BCUT2D eigenvalue weighted by atomic mass is 32.1. The molecule has 9 heteroatoms. The Hall–Kier alpha value is -3.46. The number of methoxy groups -OCH3 is 2. The van der Waals surface area contributed by atoms with Crippen LogP contribution in [0.5, 0.6) is 11.5 Å². The van der Waals surface area contributed by atoms with E-state index in [2.05, 4.69) is 0 Å². The third-order valence-electron chi connectivity index (χ3n) is 5.62. The number of fused-ring (bicyclic) bond motifs is 1. The van der Waals surface area contributed by atoms with Crippen LogP contribution in [0.2, 0.25) is 0 Å². The molecule has 0 bridgehead atoms. The standard InChI is InChI=1S/C24H23FN2O5S/c1-31-20-9-7-15(13-21(20)32-2)19(28)8-10-22(29)27-12-4-11-26(24(27)30)18-14-33-23-16(18)5-3-6-17(23)25/h3,5-7,9,13-14H,4,8,10-12H2,1-2H3. The van der Waals surface area contributed by atoms with Crippen LogP contribution in [-0.2, 0) is 4.79 Å². The predicted octanol–water partition coefficient (Wildman–Crippen LogP) is 4.88. The Balaban J connectivity index is 1.44. The second-order valence-electron chi connectivity index (χ2n) is 7.56. The quantitative estimate of drug-likeness (QED) is 0.460. The summed E-state index contributed by atoms with van der Waals surface area (Å²) in [6, 6.07) is 9.11. The fraction of sp³-hybridized carbons (Fsp3) is 0.292. The summed E-state index contributed by atoms with van der Waals surface area (Å²) in [5.41, 5.74) is 0.997. The maximum atomic E-state index is 14.1. The average molecular weight is 471 g/mol. The SMILES string of the molecule is COc1ccc(C(=O)CCC(=O)N2CCCN(c3csc4c(F)cccc34)C2=O)cc1OC. The highest BCUT2D eigenvalue weighted by Gasteiger charge is 2.32. The van der Waals surface area contributed by atoms with Crippen LogP contribution in [0, 0.1) is 5.82 Å². The van der Waals surface area contributed by atoms with E-state index < -0.39 is 11.9 Å². The molecule has 0 aliphatic carbocycles. The molecule has 1 saturated heterocycles. The number of ether oxygens (including phenoxy) is 2. The van der Waals surface area contributed by atoms with Crippen molar-refractivity contribution < 1.29 is 28.2 Å². The third-order valence-corrected chi connectivity index (χ3v) is 6.61. The van der Waals surface area contributed by atoms with Gasteiger partial charge in [-0.3, -0.25) is 19.4 Å². The third kappa shape index (κ3) is 4.41. The zero-order chi connectivity index (χ0) is 23.5. The molecule has 1 aliphatic rings. The summed E-state index contributed by atoms with van der Waals surface area (Å²) in [6.45, 7) is 0.727. The van der Waals surface area contributed by atoms with E-state index in [0.717, 1.165) is 0 Å². The molecule has 0 unspecified atom stereocenters. The van der Waals surface area contributed by atoms with E-state index in [1.165, 1.54) is 41.4 Å². The summed E-state index contributed by atoms with van der Waals surface area (Å²) < 4.78 is 24.9. The molecular weight excluding hydrogens is 447 g/mol. The first-order chi connectivity index (χ1) is 15.9. The number of nitrogens with zero attached hydrogens (tertiary/aromatic N) is 2. The molecule has 0 saturated carbocycles. The van der Waals surface area contributed by atoms with Gasteiger partial charge < -0.3 is 9.47 Å². The van der Waals surface area contributed by atoms with Crippen molar-refractivity contribution in [1.29, 1.82) is 0 Å². The molecule has 2 heterocycles. The summed E-state index contributed by atoms with van der Waals surface area (Å²) in [5, 5.41) is 2.38. The fourth-order valence-corrected chi connectivity index (χ4v) is 4.87. The predicted molar refractivity (Wildman–Crippen MR) is 124 cm³/mol. The van der Waals surface area contributed by atoms with Gasteiger partial charge in [-0.15, -0.1) is 11.3 Å². The number of hydrogen-bond acceptors (Lipinski definition) is 6. The van der Waals surface area contributed by atoms with E-state index in [1.54, 1.807) is 35.7 Å². The average Bonchev–Trinajstić information content (AvgIpc) is 3.27. The van der Waals surface area contributed by atoms with Gasteiger partial charge >= 0.3 is 6.03 Å². The van der Waals surface area contributed by atoms with Crippen molar-refractivity contribution >= 4 is 44.8 Å². The molecule has 4 rings (SSSR count). The van der Waals surface area contributed by atoms with Crippen LogP contribution in [-0.4, -0.2) is 49.9 Å². The minimum atomic E-state index is -0.450. The lowest BCUT2D eigenvalue weighted by Gasteiger charge is -2.34. The van der Waals surface area contributed by atoms with Gasteiger partial charge in [0.15, 0.2) is 17.3 Å². The highest BCUT2D eigenvalue weighted by Crippen LogP contribution is 2.36. The van der Waals surface area contributed by atoms with Gasteiger partial charge in [-0.05, 0) is 30.7 Å². The Morgan fingerprint density at radius 1 is 1.06 bits per heavy atom. The summed E-state index contributed by atoms with van der Waals surface area (Å²) in [4.78, 5) is 41.2. The van der Waals surface area contributed by atoms with Crippen LogP contribution in [0.25, 0.3) is 10.1 Å². The van der Waals surface area contributed by atoms with E-state index in [4.69, 9.17) is 9.47 Å². The first kappa shape index (κ1) is 22.7. The molecule has 0 radical (unpaired) electrons.